The maximum absolute atomic E-state index is 8.98. The van der Waals surface area contributed by atoms with E-state index in [-0.39, 0.29) is 12.7 Å². The predicted molar refractivity (Wildman–Crippen MR) is 50.6 cm³/mol. The van der Waals surface area contributed by atoms with Crippen LogP contribution >= 0.6 is 0 Å². The van der Waals surface area contributed by atoms with E-state index in [1.165, 1.54) is 13.8 Å². The van der Waals surface area contributed by atoms with Gasteiger partial charge in [-0.2, -0.15) is 0 Å². The summed E-state index contributed by atoms with van der Waals surface area (Å²) in [6.45, 7) is 3.13. The third-order valence-electron chi connectivity index (χ3n) is 1.58. The molecule has 0 aliphatic carbocycles. The van der Waals surface area contributed by atoms with Crippen LogP contribution in [-0.2, 0) is 4.74 Å². The van der Waals surface area contributed by atoms with Gasteiger partial charge in [-0.25, -0.2) is 0 Å². The molecule has 0 amide bonds. The Labute approximate surface area is 83.9 Å². The minimum atomic E-state index is -1.50. The summed E-state index contributed by atoms with van der Waals surface area (Å²) in [5.41, 5.74) is 0. The average molecular weight is 208 g/mol. The number of hydrogen-bond acceptors (Lipinski definition) is 5. The molecule has 5 nitrogen and oxygen atoms in total. The van der Waals surface area contributed by atoms with Gasteiger partial charge in [-0.05, 0) is 26.7 Å². The van der Waals surface area contributed by atoms with Gasteiger partial charge in [0.1, 0.15) is 6.10 Å². The van der Waals surface area contributed by atoms with Crippen molar-refractivity contribution in [1.82, 2.24) is 0 Å². The van der Waals surface area contributed by atoms with Crippen LogP contribution in [0.25, 0.3) is 0 Å². The molecule has 1 aliphatic heterocycles. The van der Waals surface area contributed by atoms with Crippen molar-refractivity contribution >= 4 is 0 Å². The summed E-state index contributed by atoms with van der Waals surface area (Å²) in [4.78, 5) is 0. The first kappa shape index (κ1) is 13.8. The molecule has 0 aromatic rings. The first-order valence-corrected chi connectivity index (χ1v) is 4.70. The molecular weight excluding hydrogens is 188 g/mol. The Kier molecular flexibility index (Phi) is 6.22. The molecule has 0 aromatic carbocycles. The Balaban J connectivity index is 0.000000292. The van der Waals surface area contributed by atoms with Crippen LogP contribution in [-0.4, -0.2) is 51.6 Å². The molecule has 1 rings (SSSR count). The van der Waals surface area contributed by atoms with E-state index in [0.29, 0.717) is 0 Å². The highest BCUT2D eigenvalue weighted by Gasteiger charge is 2.22. The second kappa shape index (κ2) is 6.31. The summed E-state index contributed by atoms with van der Waals surface area (Å²) in [6.07, 6.45) is 1.09. The van der Waals surface area contributed by atoms with Crippen molar-refractivity contribution in [3.05, 3.63) is 0 Å². The Morgan fingerprint density at radius 2 is 1.93 bits per heavy atom. The number of rotatable bonds is 2. The zero-order valence-corrected chi connectivity index (χ0v) is 8.68. The second-order valence-corrected chi connectivity index (χ2v) is 3.80. The maximum atomic E-state index is 8.98. The van der Waals surface area contributed by atoms with Gasteiger partial charge in [0.05, 0.1) is 12.7 Å². The van der Waals surface area contributed by atoms with Gasteiger partial charge in [0, 0.05) is 6.61 Å². The predicted octanol–water partition coefficient (Wildman–Crippen LogP) is -0.774. The van der Waals surface area contributed by atoms with E-state index < -0.39 is 11.9 Å². The van der Waals surface area contributed by atoms with Crippen molar-refractivity contribution < 1.29 is 25.2 Å². The first-order chi connectivity index (χ1) is 6.34. The second-order valence-electron chi connectivity index (χ2n) is 3.80. The molecule has 1 fully saturated rings. The lowest BCUT2D eigenvalue weighted by Gasteiger charge is -2.13. The van der Waals surface area contributed by atoms with E-state index in [1.54, 1.807) is 0 Å². The molecule has 5 heteroatoms. The summed E-state index contributed by atoms with van der Waals surface area (Å²) in [7, 11) is 0. The number of aliphatic hydroxyl groups is 4. The van der Waals surface area contributed by atoms with E-state index in [4.69, 9.17) is 25.2 Å². The highest BCUT2D eigenvalue weighted by Crippen LogP contribution is 2.14. The Hall–Kier alpha value is -0.200. The normalized spacial score (nSPS) is 24.0. The van der Waals surface area contributed by atoms with Gasteiger partial charge in [0.25, 0.3) is 0 Å². The van der Waals surface area contributed by atoms with Gasteiger partial charge in [-0.15, -0.1) is 0 Å². The largest absolute Gasteiger partial charge is 0.394 e. The van der Waals surface area contributed by atoms with Gasteiger partial charge in [0.15, 0.2) is 5.79 Å². The van der Waals surface area contributed by atoms with E-state index >= 15 is 0 Å². The summed E-state index contributed by atoms with van der Waals surface area (Å²) in [5.74, 6) is -1.50. The fraction of sp³-hybridized carbons (Fsp3) is 1.00. The van der Waals surface area contributed by atoms with Gasteiger partial charge in [-0.3, -0.25) is 0 Å². The quantitative estimate of drug-likeness (QED) is 0.447. The lowest BCUT2D eigenvalue weighted by molar-refractivity contribution is -0.127. The highest BCUT2D eigenvalue weighted by atomic mass is 16.5. The topological polar surface area (TPSA) is 90.2 Å². The molecular formula is C9H20O5. The van der Waals surface area contributed by atoms with Crippen molar-refractivity contribution in [1.29, 1.82) is 0 Å². The first-order valence-electron chi connectivity index (χ1n) is 4.70. The minimum absolute atomic E-state index is 0.116. The molecule has 0 spiro atoms. The molecule has 1 aliphatic rings. The maximum Gasteiger partial charge on any atom is 0.156 e. The zero-order valence-electron chi connectivity index (χ0n) is 8.68. The van der Waals surface area contributed by atoms with Crippen molar-refractivity contribution in [3.8, 4) is 0 Å². The standard InChI is InChI=1S/C6H12O3.C3H8O2/c7-4-5(8)6-2-1-3-9-6;1-3(2,4)5/h5-8H,1-4H2;4-5H,1-2H3. The summed E-state index contributed by atoms with van der Waals surface area (Å²) in [5, 5.41) is 33.6. The van der Waals surface area contributed by atoms with Crippen LogP contribution in [0, 0.1) is 0 Å². The fourth-order valence-corrected chi connectivity index (χ4v) is 1.02. The van der Waals surface area contributed by atoms with E-state index in [9.17, 15) is 0 Å². The van der Waals surface area contributed by atoms with Crippen LogP contribution < -0.4 is 0 Å². The zero-order chi connectivity index (χ0) is 11.2. The van der Waals surface area contributed by atoms with Crippen molar-refractivity contribution in [3.63, 3.8) is 0 Å². The van der Waals surface area contributed by atoms with E-state index in [2.05, 4.69) is 0 Å². The third-order valence-corrected chi connectivity index (χ3v) is 1.58. The van der Waals surface area contributed by atoms with Crippen LogP contribution in [0.5, 0.6) is 0 Å². The average Bonchev–Trinajstić information content (AvgIpc) is 2.51. The van der Waals surface area contributed by atoms with E-state index in [0.717, 1.165) is 19.4 Å². The van der Waals surface area contributed by atoms with Crippen LogP contribution in [0.4, 0.5) is 0 Å². The summed E-state index contributed by atoms with van der Waals surface area (Å²) >= 11 is 0. The summed E-state index contributed by atoms with van der Waals surface area (Å²) in [6, 6.07) is 0. The molecule has 86 valence electrons. The van der Waals surface area contributed by atoms with Crippen LogP contribution in [0.2, 0.25) is 0 Å². The SMILES string of the molecule is CC(C)(O)O.OCC(O)C1CCCO1. The Morgan fingerprint density at radius 1 is 1.43 bits per heavy atom. The Bertz CT molecular complexity index is 131. The van der Waals surface area contributed by atoms with Crippen molar-refractivity contribution in [2.75, 3.05) is 13.2 Å². The highest BCUT2D eigenvalue weighted by molar-refractivity contribution is 4.72. The smallest absolute Gasteiger partial charge is 0.156 e. The molecule has 0 saturated carbocycles. The molecule has 1 heterocycles. The molecule has 0 aromatic heterocycles. The number of hydrogen-bond donors (Lipinski definition) is 4. The fourth-order valence-electron chi connectivity index (χ4n) is 1.02. The van der Waals surface area contributed by atoms with Gasteiger partial charge >= 0.3 is 0 Å². The molecule has 2 unspecified atom stereocenters. The van der Waals surface area contributed by atoms with E-state index in [1.807, 2.05) is 0 Å². The van der Waals surface area contributed by atoms with Gasteiger partial charge in [0.2, 0.25) is 0 Å². The molecule has 0 radical (unpaired) electrons. The minimum Gasteiger partial charge on any atom is -0.394 e. The van der Waals surface area contributed by atoms with Crippen molar-refractivity contribution in [2.24, 2.45) is 0 Å². The number of aliphatic hydroxyl groups excluding tert-OH is 2. The van der Waals surface area contributed by atoms with Crippen LogP contribution in [0.15, 0.2) is 0 Å². The Morgan fingerprint density at radius 3 is 2.21 bits per heavy atom. The monoisotopic (exact) mass is 208 g/mol. The molecule has 2 atom stereocenters. The molecule has 0 bridgehead atoms. The molecule has 4 N–H and O–H groups in total. The van der Waals surface area contributed by atoms with Crippen LogP contribution in [0.1, 0.15) is 26.7 Å². The molecule has 14 heavy (non-hydrogen) atoms. The third kappa shape index (κ3) is 8.40. The number of ether oxygens (including phenoxy) is 1. The van der Waals surface area contributed by atoms with Crippen molar-refractivity contribution in [2.45, 2.75) is 44.7 Å². The molecule has 1 saturated heterocycles. The summed E-state index contributed by atoms with van der Waals surface area (Å²) < 4.78 is 5.10. The lowest BCUT2D eigenvalue weighted by Crippen LogP contribution is -2.28. The lowest BCUT2D eigenvalue weighted by atomic mass is 10.1. The van der Waals surface area contributed by atoms with Gasteiger partial charge in [-0.1, -0.05) is 0 Å². The van der Waals surface area contributed by atoms with Crippen LogP contribution in [0.3, 0.4) is 0 Å². The van der Waals surface area contributed by atoms with Gasteiger partial charge < -0.3 is 25.2 Å².